The second-order valence-corrected chi connectivity index (χ2v) is 4.69. The highest BCUT2D eigenvalue weighted by molar-refractivity contribution is 9.09. The Morgan fingerprint density at radius 1 is 1.54 bits per heavy atom. The Morgan fingerprint density at radius 2 is 2.23 bits per heavy atom. The van der Waals surface area contributed by atoms with Crippen LogP contribution in [0.25, 0.3) is 0 Å². The van der Waals surface area contributed by atoms with E-state index < -0.39 is 17.8 Å². The van der Waals surface area contributed by atoms with Crippen molar-refractivity contribution >= 4 is 27.9 Å². The molecule has 0 aromatic rings. The molecule has 2 aliphatic rings. The zero-order chi connectivity index (χ0) is 9.59. The predicted octanol–water partition coefficient (Wildman–Crippen LogP) is 0.786. The molecule has 0 spiro atoms. The Morgan fingerprint density at radius 3 is 2.85 bits per heavy atom. The van der Waals surface area contributed by atoms with Crippen LogP contribution in [0.15, 0.2) is 0 Å². The van der Waals surface area contributed by atoms with Gasteiger partial charge in [0.2, 0.25) is 0 Å². The maximum absolute atomic E-state index is 11.2. The summed E-state index contributed by atoms with van der Waals surface area (Å²) < 4.78 is 5.03. The molecule has 4 atom stereocenters. The van der Waals surface area contributed by atoms with Gasteiger partial charge in [0.05, 0.1) is 16.7 Å². The summed E-state index contributed by atoms with van der Waals surface area (Å²) in [5, 5.41) is 8.87. The van der Waals surface area contributed by atoms with Crippen molar-refractivity contribution in [2.75, 3.05) is 0 Å². The minimum absolute atomic E-state index is 0.00343. The number of ether oxygens (including phenoxy) is 1. The molecular formula is C8H9BrO4. The molecule has 0 amide bonds. The molecule has 1 N–H and O–H groups in total. The summed E-state index contributed by atoms with van der Waals surface area (Å²) >= 11 is 3.34. The van der Waals surface area contributed by atoms with Crippen molar-refractivity contribution in [3.8, 4) is 0 Å². The van der Waals surface area contributed by atoms with Crippen LogP contribution in [0.2, 0.25) is 0 Å². The van der Waals surface area contributed by atoms with Crippen LogP contribution in [-0.2, 0) is 14.3 Å². The quantitative estimate of drug-likeness (QED) is 0.551. The van der Waals surface area contributed by atoms with Gasteiger partial charge in [0.25, 0.3) is 0 Å². The molecule has 2 bridgehead atoms. The van der Waals surface area contributed by atoms with Gasteiger partial charge in [-0.15, -0.1) is 0 Å². The molecule has 0 radical (unpaired) electrons. The van der Waals surface area contributed by atoms with Crippen LogP contribution in [0.1, 0.15) is 12.8 Å². The summed E-state index contributed by atoms with van der Waals surface area (Å²) in [6.07, 6.45) is 0.912. The van der Waals surface area contributed by atoms with Crippen LogP contribution in [0.5, 0.6) is 0 Å². The van der Waals surface area contributed by atoms with Gasteiger partial charge in [-0.2, -0.15) is 0 Å². The van der Waals surface area contributed by atoms with Crippen molar-refractivity contribution in [3.63, 3.8) is 0 Å². The molecule has 0 aromatic heterocycles. The molecule has 1 saturated heterocycles. The first-order chi connectivity index (χ1) is 6.09. The smallest absolute Gasteiger partial charge is 0.310 e. The molecule has 1 heterocycles. The zero-order valence-corrected chi connectivity index (χ0v) is 8.36. The van der Waals surface area contributed by atoms with Crippen molar-refractivity contribution in [1.82, 2.24) is 0 Å². The van der Waals surface area contributed by atoms with E-state index in [9.17, 15) is 9.59 Å². The fourth-order valence-corrected chi connectivity index (χ4v) is 2.74. The molecule has 0 unspecified atom stereocenters. The number of hydrogen-bond acceptors (Lipinski definition) is 3. The predicted molar refractivity (Wildman–Crippen MR) is 46.4 cm³/mol. The number of halogens is 1. The Bertz CT molecular complexity index is 265. The van der Waals surface area contributed by atoms with E-state index >= 15 is 0 Å². The van der Waals surface area contributed by atoms with Gasteiger partial charge in [-0.3, -0.25) is 9.59 Å². The lowest BCUT2D eigenvalue weighted by Crippen LogP contribution is -2.34. The third-order valence-corrected chi connectivity index (χ3v) is 3.71. The topological polar surface area (TPSA) is 63.6 Å². The van der Waals surface area contributed by atoms with Crippen molar-refractivity contribution in [2.24, 2.45) is 11.8 Å². The molecule has 1 aliphatic carbocycles. The van der Waals surface area contributed by atoms with E-state index in [0.717, 1.165) is 0 Å². The first-order valence-electron chi connectivity index (χ1n) is 4.17. The molecule has 13 heavy (non-hydrogen) atoms. The molecule has 4 nitrogen and oxygen atoms in total. The van der Waals surface area contributed by atoms with Crippen molar-refractivity contribution in [2.45, 2.75) is 23.8 Å². The van der Waals surface area contributed by atoms with E-state index in [1.807, 2.05) is 0 Å². The maximum atomic E-state index is 11.2. The van der Waals surface area contributed by atoms with Crippen LogP contribution >= 0.6 is 15.9 Å². The summed E-state index contributed by atoms with van der Waals surface area (Å²) in [6, 6.07) is 0. The van der Waals surface area contributed by atoms with E-state index in [0.29, 0.717) is 12.8 Å². The van der Waals surface area contributed by atoms with Gasteiger partial charge >= 0.3 is 11.9 Å². The van der Waals surface area contributed by atoms with Crippen molar-refractivity contribution in [3.05, 3.63) is 0 Å². The number of carboxylic acid groups (broad SMARTS) is 1. The average molecular weight is 249 g/mol. The molecule has 5 heteroatoms. The third-order valence-electron chi connectivity index (χ3n) is 2.74. The number of alkyl halides is 1. The summed E-state index contributed by atoms with van der Waals surface area (Å²) in [5.74, 6) is -2.24. The summed E-state index contributed by atoms with van der Waals surface area (Å²) in [6.45, 7) is 0. The Balaban J connectivity index is 2.22. The number of aliphatic carboxylic acids is 1. The van der Waals surface area contributed by atoms with Gasteiger partial charge in [0.15, 0.2) is 0 Å². The maximum Gasteiger partial charge on any atom is 0.310 e. The third kappa shape index (κ3) is 1.35. The van der Waals surface area contributed by atoms with Gasteiger partial charge < -0.3 is 9.84 Å². The molecule has 0 aromatic carbocycles. The van der Waals surface area contributed by atoms with Crippen molar-refractivity contribution < 1.29 is 19.4 Å². The highest BCUT2D eigenvalue weighted by atomic mass is 79.9. The molecular weight excluding hydrogens is 240 g/mol. The highest BCUT2D eigenvalue weighted by Gasteiger charge is 2.50. The lowest BCUT2D eigenvalue weighted by Gasteiger charge is -2.25. The van der Waals surface area contributed by atoms with Crippen LogP contribution in [0, 0.1) is 11.8 Å². The summed E-state index contributed by atoms with van der Waals surface area (Å²) in [4.78, 5) is 22.0. The van der Waals surface area contributed by atoms with Gasteiger partial charge in [0, 0.05) is 0 Å². The van der Waals surface area contributed by atoms with E-state index in [-0.39, 0.29) is 16.9 Å². The van der Waals surface area contributed by atoms with Gasteiger partial charge in [0.1, 0.15) is 6.10 Å². The number of fused-ring (bicyclic) bond motifs is 2. The average Bonchev–Trinajstić information content (AvgIpc) is 2.37. The normalized spacial score (nSPS) is 43.0. The fourth-order valence-electron chi connectivity index (χ4n) is 2.01. The monoisotopic (exact) mass is 248 g/mol. The first-order valence-corrected chi connectivity index (χ1v) is 5.08. The Labute approximate surface area is 83.4 Å². The minimum atomic E-state index is -0.897. The summed E-state index contributed by atoms with van der Waals surface area (Å²) in [7, 11) is 0. The molecule has 72 valence electrons. The van der Waals surface area contributed by atoms with Gasteiger partial charge in [-0.25, -0.2) is 0 Å². The Kier molecular flexibility index (Phi) is 2.06. The SMILES string of the molecule is O=C(O)[C@H]1C[C@H](Br)[C@H]2C[C@H]1C(=O)O2. The van der Waals surface area contributed by atoms with Crippen molar-refractivity contribution in [1.29, 1.82) is 0 Å². The van der Waals surface area contributed by atoms with E-state index in [2.05, 4.69) is 15.9 Å². The molecule has 2 rings (SSSR count). The number of carbonyl (C=O) groups excluding carboxylic acids is 1. The van der Waals surface area contributed by atoms with E-state index in [4.69, 9.17) is 9.84 Å². The largest absolute Gasteiger partial charge is 0.481 e. The van der Waals surface area contributed by atoms with Gasteiger partial charge in [-0.1, -0.05) is 15.9 Å². The van der Waals surface area contributed by atoms with E-state index in [1.54, 1.807) is 0 Å². The van der Waals surface area contributed by atoms with Crippen LogP contribution < -0.4 is 0 Å². The number of carbonyl (C=O) groups is 2. The highest BCUT2D eigenvalue weighted by Crippen LogP contribution is 2.41. The second kappa shape index (κ2) is 2.97. The molecule has 1 saturated carbocycles. The lowest BCUT2D eigenvalue weighted by molar-refractivity contribution is -0.150. The Hall–Kier alpha value is -0.580. The zero-order valence-electron chi connectivity index (χ0n) is 6.77. The first kappa shape index (κ1) is 8.99. The van der Waals surface area contributed by atoms with Gasteiger partial charge in [-0.05, 0) is 12.8 Å². The van der Waals surface area contributed by atoms with E-state index in [1.165, 1.54) is 0 Å². The fraction of sp³-hybridized carbons (Fsp3) is 0.750. The number of esters is 1. The molecule has 1 aliphatic heterocycles. The summed E-state index contributed by atoms with van der Waals surface area (Å²) in [5.41, 5.74) is 0. The number of rotatable bonds is 1. The lowest BCUT2D eigenvalue weighted by atomic mass is 9.80. The molecule has 2 fully saturated rings. The number of carboxylic acids is 1. The second-order valence-electron chi connectivity index (χ2n) is 3.51. The minimum Gasteiger partial charge on any atom is -0.481 e. The van der Waals surface area contributed by atoms with Crippen LogP contribution in [-0.4, -0.2) is 28.0 Å². The standard InChI is InChI=1S/C8H9BrO4/c9-5-1-3(7(10)11)4-2-6(5)13-8(4)12/h3-6H,1-2H2,(H,10,11)/t3-,4+,5-,6+/m0/s1. The number of hydrogen-bond donors (Lipinski definition) is 1. The van der Waals surface area contributed by atoms with Crippen LogP contribution in [0.4, 0.5) is 0 Å². The van der Waals surface area contributed by atoms with Crippen LogP contribution in [0.3, 0.4) is 0 Å².